The fourth-order valence-electron chi connectivity index (χ4n) is 2.07. The molecular formula is C13H20N4O3. The summed E-state index contributed by atoms with van der Waals surface area (Å²) in [5, 5.41) is 7.65. The number of carbonyl (C=O) groups is 2. The molecule has 1 aliphatic heterocycles. The number of piperazine rings is 1. The lowest BCUT2D eigenvalue weighted by atomic mass is 10.2. The van der Waals surface area contributed by atoms with Crippen molar-refractivity contribution in [3.05, 3.63) is 11.8 Å². The van der Waals surface area contributed by atoms with Crippen molar-refractivity contribution in [3.8, 4) is 0 Å². The number of amides is 2. The highest BCUT2D eigenvalue weighted by Crippen LogP contribution is 2.14. The first kappa shape index (κ1) is 14.5. The average Bonchev–Trinajstić information content (AvgIpc) is 2.96. The maximum absolute atomic E-state index is 12.2. The highest BCUT2D eigenvalue weighted by atomic mass is 16.4. The molecule has 0 spiro atoms. The Balaban J connectivity index is 1.96. The van der Waals surface area contributed by atoms with Crippen molar-refractivity contribution in [1.29, 1.82) is 0 Å². The van der Waals surface area contributed by atoms with Gasteiger partial charge in [0.25, 0.3) is 0 Å². The van der Waals surface area contributed by atoms with E-state index in [1.165, 1.54) is 0 Å². The Kier molecular flexibility index (Phi) is 4.36. The molecular weight excluding hydrogens is 260 g/mol. The first-order valence-electron chi connectivity index (χ1n) is 6.93. The molecule has 2 heterocycles. The Morgan fingerprint density at radius 1 is 1.15 bits per heavy atom. The summed E-state index contributed by atoms with van der Waals surface area (Å²) in [6.45, 7) is 7.82. The lowest BCUT2D eigenvalue weighted by Crippen LogP contribution is -2.50. The van der Waals surface area contributed by atoms with E-state index >= 15 is 0 Å². The Morgan fingerprint density at radius 3 is 2.25 bits per heavy atom. The van der Waals surface area contributed by atoms with Gasteiger partial charge in [0.15, 0.2) is 0 Å². The molecule has 1 saturated heterocycles. The van der Waals surface area contributed by atoms with Crippen molar-refractivity contribution in [1.82, 2.24) is 20.0 Å². The molecule has 0 bridgehead atoms. The summed E-state index contributed by atoms with van der Waals surface area (Å²) in [4.78, 5) is 27.2. The van der Waals surface area contributed by atoms with Crippen LogP contribution in [0.1, 0.15) is 49.7 Å². The summed E-state index contributed by atoms with van der Waals surface area (Å²) >= 11 is 0. The minimum Gasteiger partial charge on any atom is -0.417 e. The highest BCUT2D eigenvalue weighted by molar-refractivity contribution is 5.89. The van der Waals surface area contributed by atoms with E-state index in [1.807, 2.05) is 20.8 Å². The zero-order valence-corrected chi connectivity index (χ0v) is 12.1. The Hall–Kier alpha value is -1.92. The third-order valence-corrected chi connectivity index (χ3v) is 3.34. The van der Waals surface area contributed by atoms with Crippen molar-refractivity contribution in [2.24, 2.45) is 0 Å². The van der Waals surface area contributed by atoms with Crippen molar-refractivity contribution in [2.45, 2.75) is 33.1 Å². The first-order chi connectivity index (χ1) is 9.52. The fraction of sp³-hybridized carbons (Fsp3) is 0.692. The summed E-state index contributed by atoms with van der Waals surface area (Å²) in [6, 6.07) is 0. The third-order valence-electron chi connectivity index (χ3n) is 3.34. The molecule has 2 amide bonds. The van der Waals surface area contributed by atoms with E-state index < -0.39 is 0 Å². The summed E-state index contributed by atoms with van der Waals surface area (Å²) in [7, 11) is 0. The Morgan fingerprint density at radius 2 is 1.75 bits per heavy atom. The molecule has 1 aliphatic rings. The van der Waals surface area contributed by atoms with Crippen molar-refractivity contribution in [2.75, 3.05) is 26.2 Å². The smallest absolute Gasteiger partial charge is 0.311 e. The van der Waals surface area contributed by atoms with Gasteiger partial charge in [-0.2, -0.15) is 0 Å². The van der Waals surface area contributed by atoms with Crippen molar-refractivity contribution in [3.63, 3.8) is 0 Å². The topological polar surface area (TPSA) is 79.5 Å². The molecule has 1 aromatic heterocycles. The zero-order valence-electron chi connectivity index (χ0n) is 12.1. The monoisotopic (exact) mass is 280 g/mol. The zero-order chi connectivity index (χ0) is 14.7. The standard InChI is InChI=1S/C13H20N4O3/c1-4-10(18)16-5-7-17(8-6-16)13(19)12-15-14-11(20-12)9(2)3/h9H,4-8H2,1-3H3. The van der Waals surface area contributed by atoms with Crippen LogP contribution in [0.15, 0.2) is 4.42 Å². The van der Waals surface area contributed by atoms with Gasteiger partial charge in [0.1, 0.15) is 0 Å². The minimum absolute atomic E-state index is 0.0315. The van der Waals surface area contributed by atoms with Crippen LogP contribution in [0.3, 0.4) is 0 Å². The summed E-state index contributed by atoms with van der Waals surface area (Å²) in [5.41, 5.74) is 0. The van der Waals surface area contributed by atoms with Crippen LogP contribution < -0.4 is 0 Å². The lowest BCUT2D eigenvalue weighted by Gasteiger charge is -2.33. The van der Waals surface area contributed by atoms with E-state index in [1.54, 1.807) is 9.80 Å². The van der Waals surface area contributed by atoms with E-state index in [2.05, 4.69) is 10.2 Å². The summed E-state index contributed by atoms with van der Waals surface area (Å²) in [5.74, 6) is 0.463. The third kappa shape index (κ3) is 2.97. The molecule has 0 saturated carbocycles. The first-order valence-corrected chi connectivity index (χ1v) is 6.93. The van der Waals surface area contributed by atoms with Crippen LogP contribution in [-0.4, -0.2) is 58.0 Å². The van der Waals surface area contributed by atoms with Crippen molar-refractivity contribution >= 4 is 11.8 Å². The van der Waals surface area contributed by atoms with Crippen LogP contribution in [0.2, 0.25) is 0 Å². The maximum Gasteiger partial charge on any atom is 0.311 e. The summed E-state index contributed by atoms with van der Waals surface area (Å²) in [6.07, 6.45) is 0.495. The van der Waals surface area contributed by atoms with Gasteiger partial charge in [-0.05, 0) is 0 Å². The van der Waals surface area contributed by atoms with Gasteiger partial charge in [0, 0.05) is 38.5 Å². The average molecular weight is 280 g/mol. The van der Waals surface area contributed by atoms with E-state index in [0.717, 1.165) is 0 Å². The van der Waals surface area contributed by atoms with Crippen molar-refractivity contribution < 1.29 is 14.0 Å². The van der Waals surface area contributed by atoms with Gasteiger partial charge < -0.3 is 14.2 Å². The number of rotatable bonds is 3. The molecule has 0 aromatic carbocycles. The normalized spacial score (nSPS) is 15.8. The quantitative estimate of drug-likeness (QED) is 0.821. The molecule has 2 rings (SSSR count). The SMILES string of the molecule is CCC(=O)N1CCN(C(=O)c2nnc(C(C)C)o2)CC1. The van der Waals surface area contributed by atoms with Crippen LogP contribution in [0.4, 0.5) is 0 Å². The summed E-state index contributed by atoms with van der Waals surface area (Å²) < 4.78 is 5.36. The van der Waals surface area contributed by atoms with Gasteiger partial charge in [0.05, 0.1) is 0 Å². The highest BCUT2D eigenvalue weighted by Gasteiger charge is 2.27. The number of carbonyl (C=O) groups excluding carboxylic acids is 2. The van der Waals surface area contributed by atoms with Gasteiger partial charge in [-0.25, -0.2) is 0 Å². The van der Waals surface area contributed by atoms with E-state index in [0.29, 0.717) is 38.5 Å². The molecule has 1 aromatic rings. The lowest BCUT2D eigenvalue weighted by molar-refractivity contribution is -0.132. The minimum atomic E-state index is -0.256. The fourth-order valence-corrected chi connectivity index (χ4v) is 2.07. The molecule has 0 unspecified atom stereocenters. The Labute approximate surface area is 117 Å². The van der Waals surface area contributed by atoms with Gasteiger partial charge >= 0.3 is 11.8 Å². The molecule has 7 nitrogen and oxygen atoms in total. The maximum atomic E-state index is 12.2. The molecule has 20 heavy (non-hydrogen) atoms. The van der Waals surface area contributed by atoms with Crippen LogP contribution >= 0.6 is 0 Å². The number of hydrogen-bond acceptors (Lipinski definition) is 5. The molecule has 0 aliphatic carbocycles. The van der Waals surface area contributed by atoms with Crippen LogP contribution in [0, 0.1) is 0 Å². The van der Waals surface area contributed by atoms with Crippen LogP contribution in [-0.2, 0) is 4.79 Å². The van der Waals surface area contributed by atoms with Gasteiger partial charge in [0.2, 0.25) is 11.8 Å². The van der Waals surface area contributed by atoms with Crippen LogP contribution in [0.5, 0.6) is 0 Å². The molecule has 1 fully saturated rings. The second kappa shape index (κ2) is 6.02. The molecule has 7 heteroatoms. The van der Waals surface area contributed by atoms with Gasteiger partial charge in [-0.1, -0.05) is 20.8 Å². The molecule has 0 N–H and O–H groups in total. The molecule has 0 radical (unpaired) electrons. The van der Waals surface area contributed by atoms with Gasteiger partial charge in [-0.15, -0.1) is 10.2 Å². The van der Waals surface area contributed by atoms with Crippen LogP contribution in [0.25, 0.3) is 0 Å². The van der Waals surface area contributed by atoms with E-state index in [-0.39, 0.29) is 23.6 Å². The number of aromatic nitrogens is 2. The molecule has 110 valence electrons. The second-order valence-electron chi connectivity index (χ2n) is 5.13. The largest absolute Gasteiger partial charge is 0.417 e. The number of hydrogen-bond donors (Lipinski definition) is 0. The van der Waals surface area contributed by atoms with Gasteiger partial charge in [-0.3, -0.25) is 9.59 Å². The number of nitrogens with zero attached hydrogens (tertiary/aromatic N) is 4. The van der Waals surface area contributed by atoms with E-state index in [9.17, 15) is 9.59 Å². The second-order valence-corrected chi connectivity index (χ2v) is 5.13. The van der Waals surface area contributed by atoms with E-state index in [4.69, 9.17) is 4.42 Å². The Bertz CT molecular complexity index is 490. The predicted octanol–water partition coefficient (Wildman–Crippen LogP) is 0.887. The predicted molar refractivity (Wildman–Crippen MR) is 71.2 cm³/mol. The molecule has 0 atom stereocenters.